The summed E-state index contributed by atoms with van der Waals surface area (Å²) in [6, 6.07) is 0. The molecule has 2 rings (SSSR count). The van der Waals surface area contributed by atoms with E-state index in [0.717, 1.165) is 0 Å². The number of rotatable bonds is 2. The van der Waals surface area contributed by atoms with Crippen molar-refractivity contribution in [2.45, 2.75) is 51.0 Å². The maximum atomic E-state index is 10.3. The average molecular weight is 214 g/mol. The lowest BCUT2D eigenvalue weighted by atomic mass is 9.85. The molecule has 0 aromatic carbocycles. The Labute approximate surface area is 91.7 Å². The van der Waals surface area contributed by atoms with Gasteiger partial charge in [-0.2, -0.15) is 11.8 Å². The molecule has 0 aromatic heterocycles. The maximum Gasteiger partial charge on any atom is 0.0604 e. The third-order valence-electron chi connectivity index (χ3n) is 3.83. The molecule has 1 nitrogen and oxygen atoms in total. The summed E-state index contributed by atoms with van der Waals surface area (Å²) < 4.78 is 0. The van der Waals surface area contributed by atoms with Gasteiger partial charge in [0.25, 0.3) is 0 Å². The van der Waals surface area contributed by atoms with Gasteiger partial charge < -0.3 is 5.11 Å². The zero-order chi connectivity index (χ0) is 9.80. The third kappa shape index (κ3) is 2.66. The Bertz CT molecular complexity index is 158. The summed E-state index contributed by atoms with van der Waals surface area (Å²) in [5, 5.41) is 10.3. The Hall–Kier alpha value is 0.310. The van der Waals surface area contributed by atoms with Gasteiger partial charge in [-0.25, -0.2) is 0 Å². The maximum absolute atomic E-state index is 10.3. The van der Waals surface area contributed by atoms with Gasteiger partial charge in [-0.3, -0.25) is 0 Å². The minimum atomic E-state index is 0.0168. The molecule has 0 aromatic rings. The quantitative estimate of drug-likeness (QED) is 0.713. The molecule has 2 unspecified atom stereocenters. The molecule has 0 radical (unpaired) electrons. The molecule has 0 bridgehead atoms. The highest BCUT2D eigenvalue weighted by Crippen LogP contribution is 2.34. The molecule has 1 aliphatic carbocycles. The van der Waals surface area contributed by atoms with E-state index in [9.17, 15) is 5.11 Å². The molecule has 1 heterocycles. The first-order valence-electron chi connectivity index (χ1n) is 6.14. The lowest BCUT2D eigenvalue weighted by Crippen LogP contribution is -2.29. The Kier molecular flexibility index (Phi) is 4.18. The van der Waals surface area contributed by atoms with Crippen LogP contribution in [-0.4, -0.2) is 22.7 Å². The van der Waals surface area contributed by atoms with Crippen LogP contribution in [0.3, 0.4) is 0 Å². The fourth-order valence-corrected chi connectivity index (χ4v) is 4.16. The molecule has 1 saturated heterocycles. The number of hydrogen-bond acceptors (Lipinski definition) is 2. The second-order valence-corrected chi connectivity index (χ2v) is 6.02. The van der Waals surface area contributed by atoms with Crippen molar-refractivity contribution in [2.75, 3.05) is 11.5 Å². The highest BCUT2D eigenvalue weighted by Gasteiger charge is 2.30. The molecule has 0 spiro atoms. The normalized spacial score (nSPS) is 32.8. The molecule has 1 saturated carbocycles. The van der Waals surface area contributed by atoms with Gasteiger partial charge in [0, 0.05) is 0 Å². The minimum Gasteiger partial charge on any atom is -0.393 e. The molecule has 14 heavy (non-hydrogen) atoms. The van der Waals surface area contributed by atoms with E-state index in [4.69, 9.17) is 0 Å². The predicted octanol–water partition coefficient (Wildman–Crippen LogP) is 3.07. The minimum absolute atomic E-state index is 0.0168. The van der Waals surface area contributed by atoms with Crippen LogP contribution in [0, 0.1) is 11.8 Å². The molecule has 0 amide bonds. The zero-order valence-corrected chi connectivity index (χ0v) is 9.77. The van der Waals surface area contributed by atoms with Crippen molar-refractivity contribution >= 4 is 11.8 Å². The van der Waals surface area contributed by atoms with E-state index < -0.39 is 0 Å². The van der Waals surface area contributed by atoms with E-state index in [1.807, 2.05) is 11.8 Å². The van der Waals surface area contributed by atoms with Crippen molar-refractivity contribution in [3.05, 3.63) is 0 Å². The molecule has 2 aliphatic rings. The van der Waals surface area contributed by atoms with Crippen molar-refractivity contribution in [1.29, 1.82) is 0 Å². The van der Waals surface area contributed by atoms with Gasteiger partial charge in [0.05, 0.1) is 6.10 Å². The van der Waals surface area contributed by atoms with E-state index in [1.165, 1.54) is 56.5 Å². The molecule has 82 valence electrons. The Morgan fingerprint density at radius 2 is 1.64 bits per heavy atom. The highest BCUT2D eigenvalue weighted by molar-refractivity contribution is 7.99. The summed E-state index contributed by atoms with van der Waals surface area (Å²) in [5.41, 5.74) is 0. The van der Waals surface area contributed by atoms with Gasteiger partial charge in [-0.05, 0) is 42.6 Å². The predicted molar refractivity (Wildman–Crippen MR) is 62.6 cm³/mol. The van der Waals surface area contributed by atoms with Crippen LogP contribution >= 0.6 is 11.8 Å². The van der Waals surface area contributed by atoms with E-state index in [0.29, 0.717) is 11.8 Å². The Morgan fingerprint density at radius 3 is 2.21 bits per heavy atom. The first-order chi connectivity index (χ1) is 6.88. The van der Waals surface area contributed by atoms with Crippen LogP contribution < -0.4 is 0 Å². The lowest BCUT2D eigenvalue weighted by molar-refractivity contribution is 0.0530. The van der Waals surface area contributed by atoms with Gasteiger partial charge in [0.15, 0.2) is 0 Å². The van der Waals surface area contributed by atoms with Crippen molar-refractivity contribution in [2.24, 2.45) is 11.8 Å². The van der Waals surface area contributed by atoms with Crippen LogP contribution in [0.25, 0.3) is 0 Å². The largest absolute Gasteiger partial charge is 0.393 e. The zero-order valence-electron chi connectivity index (χ0n) is 8.95. The number of aliphatic hydroxyl groups is 1. The summed E-state index contributed by atoms with van der Waals surface area (Å²) in [6.45, 7) is 0. The van der Waals surface area contributed by atoms with Crippen molar-refractivity contribution in [3.63, 3.8) is 0 Å². The van der Waals surface area contributed by atoms with Crippen LogP contribution in [-0.2, 0) is 0 Å². The van der Waals surface area contributed by atoms with E-state index >= 15 is 0 Å². The van der Waals surface area contributed by atoms with Crippen LogP contribution in [0.15, 0.2) is 0 Å². The van der Waals surface area contributed by atoms with Crippen molar-refractivity contribution < 1.29 is 5.11 Å². The molecule has 1 aliphatic heterocycles. The van der Waals surface area contributed by atoms with Gasteiger partial charge in [0.2, 0.25) is 0 Å². The van der Waals surface area contributed by atoms with Gasteiger partial charge in [-0.15, -0.1) is 0 Å². The summed E-state index contributed by atoms with van der Waals surface area (Å²) in [4.78, 5) is 0. The van der Waals surface area contributed by atoms with Crippen molar-refractivity contribution in [3.8, 4) is 0 Å². The standard InChI is InChI=1S/C12H22OS/c13-12(11-7-8-14-9-11)10-5-3-1-2-4-6-10/h10-13H,1-9H2. The van der Waals surface area contributed by atoms with Crippen LogP contribution in [0.2, 0.25) is 0 Å². The first-order valence-corrected chi connectivity index (χ1v) is 7.29. The smallest absolute Gasteiger partial charge is 0.0604 e. The molecular formula is C12H22OS. The SMILES string of the molecule is OC(C1CCCCCC1)C1CCSC1. The monoisotopic (exact) mass is 214 g/mol. The first kappa shape index (κ1) is 10.8. The van der Waals surface area contributed by atoms with Crippen LogP contribution in [0.4, 0.5) is 0 Å². The van der Waals surface area contributed by atoms with Gasteiger partial charge in [0.1, 0.15) is 0 Å². The molecule has 2 heteroatoms. The second-order valence-electron chi connectivity index (χ2n) is 4.87. The van der Waals surface area contributed by atoms with E-state index in [2.05, 4.69) is 0 Å². The lowest BCUT2D eigenvalue weighted by Gasteiger charge is -2.25. The summed E-state index contributed by atoms with van der Waals surface area (Å²) >= 11 is 2.02. The Balaban J connectivity index is 1.84. The second kappa shape index (κ2) is 5.41. The average Bonchev–Trinajstić information content (AvgIpc) is 2.59. The van der Waals surface area contributed by atoms with Crippen molar-refractivity contribution in [1.82, 2.24) is 0 Å². The fraction of sp³-hybridized carbons (Fsp3) is 1.00. The number of hydrogen-bond donors (Lipinski definition) is 1. The molecule has 2 fully saturated rings. The molecular weight excluding hydrogens is 192 g/mol. The topological polar surface area (TPSA) is 20.2 Å². The fourth-order valence-electron chi connectivity index (χ4n) is 2.86. The van der Waals surface area contributed by atoms with Gasteiger partial charge in [-0.1, -0.05) is 25.7 Å². The van der Waals surface area contributed by atoms with E-state index in [1.54, 1.807) is 0 Å². The Morgan fingerprint density at radius 1 is 0.929 bits per heavy atom. The highest BCUT2D eigenvalue weighted by atomic mass is 32.2. The third-order valence-corrected chi connectivity index (χ3v) is 5.02. The molecule has 2 atom stereocenters. The molecule has 1 N–H and O–H groups in total. The van der Waals surface area contributed by atoms with Crippen LogP contribution in [0.1, 0.15) is 44.9 Å². The number of aliphatic hydroxyl groups excluding tert-OH is 1. The van der Waals surface area contributed by atoms with Crippen LogP contribution in [0.5, 0.6) is 0 Å². The van der Waals surface area contributed by atoms with Gasteiger partial charge >= 0.3 is 0 Å². The summed E-state index contributed by atoms with van der Waals surface area (Å²) in [5.74, 6) is 3.72. The number of thioether (sulfide) groups is 1. The van der Waals surface area contributed by atoms with E-state index in [-0.39, 0.29) is 6.10 Å². The summed E-state index contributed by atoms with van der Waals surface area (Å²) in [7, 11) is 0. The summed E-state index contributed by atoms with van der Waals surface area (Å²) in [6.07, 6.45) is 9.31.